The van der Waals surface area contributed by atoms with Crippen molar-refractivity contribution in [3.8, 4) is 0 Å². The van der Waals surface area contributed by atoms with E-state index in [0.717, 1.165) is 46.7 Å². The van der Waals surface area contributed by atoms with Crippen LogP contribution in [0, 0.1) is 5.25 Å². The first-order valence-corrected chi connectivity index (χ1v) is 7.26. The molecular weight excluding hydrogens is 237 g/mol. The Morgan fingerprint density at radius 2 is 2.06 bits per heavy atom. The summed E-state index contributed by atoms with van der Waals surface area (Å²) >= 11 is 0. The molecule has 88 valence electrons. The van der Waals surface area contributed by atoms with Gasteiger partial charge in [0.1, 0.15) is 0 Å². The molecule has 2 aromatic rings. The normalized spacial score (nSPS) is 19.6. The van der Waals surface area contributed by atoms with Crippen LogP contribution >= 0.6 is 0 Å². The van der Waals surface area contributed by atoms with Gasteiger partial charge < -0.3 is 4.98 Å². The number of nitrogens with zero attached hydrogens (tertiary/aromatic N) is 1. The first kappa shape index (κ1) is 13.7. The van der Waals surface area contributed by atoms with Gasteiger partial charge in [-0.25, -0.2) is 0 Å². The van der Waals surface area contributed by atoms with Crippen LogP contribution in [0.3, 0.4) is 0 Å². The number of hydrogen-bond donors (Lipinski definition) is 0. The Morgan fingerprint density at radius 1 is 1.22 bits per heavy atom. The van der Waals surface area contributed by atoms with Gasteiger partial charge in [-0.05, 0) is 23.3 Å². The number of hydrogen-bond acceptors (Lipinski definition) is 2. The Morgan fingerprint density at radius 3 is 2.89 bits per heavy atom. The Hall–Kier alpha value is -0.753. The average molecular weight is 251 g/mol. The Kier molecular flexibility index (Phi) is 4.50. The molecule has 1 fully saturated rings. The molecule has 1 atom stereocenters. The molecule has 4 heteroatoms. The van der Waals surface area contributed by atoms with Gasteiger partial charge in [-0.2, -0.15) is 11.6 Å². The zero-order valence-electron chi connectivity index (χ0n) is 10.6. The first-order chi connectivity index (χ1) is 8.34. The number of pyridine rings is 1. The zero-order chi connectivity index (χ0) is 11.7. The predicted molar refractivity (Wildman–Crippen MR) is 70.9 cm³/mol. The topological polar surface area (TPSA) is 30.0 Å². The Balaban J connectivity index is 0.00000120. The van der Waals surface area contributed by atoms with Crippen LogP contribution in [-0.2, 0) is 10.8 Å². The summed E-state index contributed by atoms with van der Waals surface area (Å²) in [5.74, 6) is 0.808. The zero-order valence-corrected chi connectivity index (χ0v) is 11.4. The van der Waals surface area contributed by atoms with E-state index in [2.05, 4.69) is 17.1 Å². The summed E-state index contributed by atoms with van der Waals surface area (Å²) in [6.07, 6.45) is 5.04. The van der Waals surface area contributed by atoms with E-state index in [-0.39, 0.29) is 18.9 Å². The van der Waals surface area contributed by atoms with E-state index in [1.807, 2.05) is 24.4 Å². The van der Waals surface area contributed by atoms with Gasteiger partial charge in [0.15, 0.2) is 0 Å². The molecule has 1 unspecified atom stereocenters. The Labute approximate surface area is 122 Å². The second kappa shape index (κ2) is 5.93. The quantitative estimate of drug-likeness (QED) is 0.529. The monoisotopic (exact) mass is 251 g/mol. The first-order valence-electron chi connectivity index (χ1n) is 5.94. The van der Waals surface area contributed by atoms with Gasteiger partial charge in [0, 0.05) is 11.3 Å². The molecule has 1 aliphatic rings. The van der Waals surface area contributed by atoms with Gasteiger partial charge in [-0.1, -0.05) is 47.9 Å². The summed E-state index contributed by atoms with van der Waals surface area (Å²) in [6.45, 7) is 0. The average Bonchev–Trinajstić information content (AvgIpc) is 2.39. The number of aromatic nitrogens is 1. The van der Waals surface area contributed by atoms with E-state index in [0.29, 0.717) is 0 Å². The van der Waals surface area contributed by atoms with E-state index >= 15 is 0 Å². The third-order valence-corrected chi connectivity index (χ3v) is 4.82. The fourth-order valence-corrected chi connectivity index (χ4v) is 3.71. The maximum absolute atomic E-state index is 12.0. The van der Waals surface area contributed by atoms with Crippen LogP contribution in [0.15, 0.2) is 36.5 Å². The summed E-state index contributed by atoms with van der Waals surface area (Å²) in [7, 11) is -0.795. The third-order valence-electron chi connectivity index (χ3n) is 3.17. The van der Waals surface area contributed by atoms with Crippen LogP contribution in [0.1, 0.15) is 24.8 Å². The molecule has 0 N–H and O–H groups in total. The molecule has 18 heavy (non-hydrogen) atoms. The predicted octanol–water partition coefficient (Wildman–Crippen LogP) is 0.0515. The molecule has 0 spiro atoms. The molecule has 3 rings (SSSR count). The van der Waals surface area contributed by atoms with Crippen molar-refractivity contribution in [2.45, 2.75) is 19.3 Å². The molecule has 1 aromatic carbocycles. The molecule has 0 bridgehead atoms. The second-order valence-corrected chi connectivity index (χ2v) is 5.94. The van der Waals surface area contributed by atoms with Gasteiger partial charge >= 0.3 is 18.9 Å². The largest absolute Gasteiger partial charge is 1.00 e. The van der Waals surface area contributed by atoms with E-state index < -0.39 is 10.8 Å². The van der Waals surface area contributed by atoms with Crippen LogP contribution in [0.2, 0.25) is 0 Å². The summed E-state index contributed by atoms with van der Waals surface area (Å²) in [6, 6.07) is 10.2. The van der Waals surface area contributed by atoms with Crippen LogP contribution in [0.4, 0.5) is 0 Å². The third kappa shape index (κ3) is 2.64. The standard InChI is InChI=1S/C14H14NOS.Li/c16-17-8-4-3-7-14(17)12-9-11-5-1-2-6-13(11)15-10-12;/h1-2,5-6,9-10H,3-4,7-8H2;/q-1;+1. The number of benzene rings is 1. The van der Waals surface area contributed by atoms with Crippen molar-refractivity contribution in [1.29, 1.82) is 0 Å². The number of para-hydroxylation sites is 1. The molecule has 0 radical (unpaired) electrons. The van der Waals surface area contributed by atoms with Crippen molar-refractivity contribution >= 4 is 21.7 Å². The minimum atomic E-state index is -0.795. The number of rotatable bonds is 1. The second-order valence-electron chi connectivity index (χ2n) is 4.35. The molecule has 1 saturated heterocycles. The molecule has 2 nitrogen and oxygen atoms in total. The fraction of sp³-hybridized carbons (Fsp3) is 0.286. The summed E-state index contributed by atoms with van der Waals surface area (Å²) in [5, 5.41) is 2.20. The molecular formula is C14H14LiNOS. The van der Waals surface area contributed by atoms with E-state index in [4.69, 9.17) is 0 Å². The molecule has 1 aliphatic heterocycles. The van der Waals surface area contributed by atoms with Crippen molar-refractivity contribution in [1.82, 2.24) is 4.98 Å². The van der Waals surface area contributed by atoms with Crippen molar-refractivity contribution in [2.75, 3.05) is 5.75 Å². The van der Waals surface area contributed by atoms with Gasteiger partial charge in [-0.3, -0.25) is 4.21 Å². The molecule has 0 saturated carbocycles. The van der Waals surface area contributed by atoms with Crippen molar-refractivity contribution in [3.63, 3.8) is 0 Å². The molecule has 0 amide bonds. The van der Waals surface area contributed by atoms with Crippen LogP contribution in [0.5, 0.6) is 0 Å². The van der Waals surface area contributed by atoms with E-state index in [1.54, 1.807) is 0 Å². The SMILES string of the molecule is O=S1CCCC[C-]1c1cnc2ccccc2c1.[Li+]. The minimum Gasteiger partial charge on any atom is -0.321 e. The van der Waals surface area contributed by atoms with Gasteiger partial charge in [0.25, 0.3) is 0 Å². The van der Waals surface area contributed by atoms with Gasteiger partial charge in [-0.15, -0.1) is 0 Å². The molecule has 2 heterocycles. The molecule has 1 aromatic heterocycles. The summed E-state index contributed by atoms with van der Waals surface area (Å²) < 4.78 is 12.0. The van der Waals surface area contributed by atoms with Gasteiger partial charge in [0.2, 0.25) is 0 Å². The Bertz CT molecular complexity index is 572. The smallest absolute Gasteiger partial charge is 0.321 e. The van der Waals surface area contributed by atoms with Crippen molar-refractivity contribution in [3.05, 3.63) is 47.3 Å². The van der Waals surface area contributed by atoms with Crippen LogP contribution in [-0.4, -0.2) is 14.9 Å². The maximum Gasteiger partial charge on any atom is 1.00 e. The maximum atomic E-state index is 12.0. The minimum absolute atomic E-state index is 0. The van der Waals surface area contributed by atoms with Gasteiger partial charge in [0.05, 0.1) is 0 Å². The fourth-order valence-electron chi connectivity index (χ4n) is 2.26. The summed E-state index contributed by atoms with van der Waals surface area (Å²) in [4.78, 5) is 4.44. The van der Waals surface area contributed by atoms with Crippen LogP contribution in [0.25, 0.3) is 10.9 Å². The van der Waals surface area contributed by atoms with E-state index in [1.165, 1.54) is 0 Å². The van der Waals surface area contributed by atoms with Crippen LogP contribution < -0.4 is 18.9 Å². The van der Waals surface area contributed by atoms with Crippen molar-refractivity contribution < 1.29 is 23.1 Å². The van der Waals surface area contributed by atoms with Crippen molar-refractivity contribution in [2.24, 2.45) is 0 Å². The van der Waals surface area contributed by atoms with E-state index in [9.17, 15) is 4.21 Å². The molecule has 0 aliphatic carbocycles. The number of fused-ring (bicyclic) bond motifs is 1. The summed E-state index contributed by atoms with van der Waals surface area (Å²) in [5.41, 5.74) is 2.06.